The van der Waals surface area contributed by atoms with Gasteiger partial charge in [0, 0.05) is 30.0 Å². The molecule has 1 unspecified atom stereocenters. The first-order valence-electron chi connectivity index (χ1n) is 8.87. The molecule has 26 heavy (non-hydrogen) atoms. The summed E-state index contributed by atoms with van der Waals surface area (Å²) in [7, 11) is 1.64. The van der Waals surface area contributed by atoms with E-state index in [0.717, 1.165) is 35.7 Å². The van der Waals surface area contributed by atoms with Gasteiger partial charge >= 0.3 is 0 Å². The number of amides is 1. The van der Waals surface area contributed by atoms with Crippen molar-refractivity contribution < 1.29 is 19.0 Å². The minimum absolute atomic E-state index is 0.0105. The normalized spacial score (nSPS) is 21.1. The average Bonchev–Trinajstić information content (AvgIpc) is 3.40. The van der Waals surface area contributed by atoms with E-state index in [-0.39, 0.29) is 18.1 Å². The van der Waals surface area contributed by atoms with Crippen LogP contribution in [0.15, 0.2) is 29.6 Å². The Morgan fingerprint density at radius 1 is 1.27 bits per heavy atom. The van der Waals surface area contributed by atoms with Crippen LogP contribution < -0.4 is 4.74 Å². The average molecular weight is 374 g/mol. The van der Waals surface area contributed by atoms with Gasteiger partial charge in [0.05, 0.1) is 20.3 Å². The molecule has 1 amide bonds. The van der Waals surface area contributed by atoms with Crippen molar-refractivity contribution in [1.29, 1.82) is 0 Å². The van der Waals surface area contributed by atoms with Gasteiger partial charge in [-0.05, 0) is 37.1 Å². The zero-order chi connectivity index (χ0) is 17.9. The summed E-state index contributed by atoms with van der Waals surface area (Å²) in [6.45, 7) is 2.72. The summed E-state index contributed by atoms with van der Waals surface area (Å²) in [5, 5.41) is 2.68. The Hall–Kier alpha value is -1.96. The van der Waals surface area contributed by atoms with Crippen molar-refractivity contribution in [1.82, 2.24) is 9.88 Å². The maximum absolute atomic E-state index is 12.9. The maximum Gasteiger partial charge on any atom is 0.273 e. The number of piperidine rings is 1. The minimum Gasteiger partial charge on any atom is -0.497 e. The molecule has 7 heteroatoms. The molecule has 0 spiro atoms. The Morgan fingerprint density at radius 3 is 2.77 bits per heavy atom. The Kier molecular flexibility index (Phi) is 5.19. The highest BCUT2D eigenvalue weighted by atomic mass is 32.1. The summed E-state index contributed by atoms with van der Waals surface area (Å²) in [5.74, 6) is 1.04. The number of hydrogen-bond acceptors (Lipinski definition) is 6. The van der Waals surface area contributed by atoms with Crippen molar-refractivity contribution in [3.8, 4) is 16.3 Å². The van der Waals surface area contributed by atoms with E-state index in [1.165, 1.54) is 11.3 Å². The number of likely N-dealkylation sites (tertiary alicyclic amines) is 1. The largest absolute Gasteiger partial charge is 0.497 e. The van der Waals surface area contributed by atoms with Gasteiger partial charge in [-0.15, -0.1) is 11.3 Å². The van der Waals surface area contributed by atoms with Crippen molar-refractivity contribution in [3.63, 3.8) is 0 Å². The van der Waals surface area contributed by atoms with E-state index in [1.807, 2.05) is 34.5 Å². The van der Waals surface area contributed by atoms with Crippen molar-refractivity contribution >= 4 is 17.2 Å². The third kappa shape index (κ3) is 3.60. The number of methoxy groups -OCH3 is 1. The highest BCUT2D eigenvalue weighted by molar-refractivity contribution is 7.13. The molecule has 138 valence electrons. The van der Waals surface area contributed by atoms with Crippen LogP contribution in [0.5, 0.6) is 5.75 Å². The number of benzene rings is 1. The molecule has 3 heterocycles. The number of carbonyl (C=O) groups is 1. The number of nitrogens with zero attached hydrogens (tertiary/aromatic N) is 2. The highest BCUT2D eigenvalue weighted by Crippen LogP contribution is 2.28. The molecule has 1 aromatic carbocycles. The quantitative estimate of drug-likeness (QED) is 0.823. The second kappa shape index (κ2) is 7.73. The molecular weight excluding hydrogens is 352 g/mol. The van der Waals surface area contributed by atoms with E-state index in [0.29, 0.717) is 25.5 Å². The maximum atomic E-state index is 12.9. The fourth-order valence-electron chi connectivity index (χ4n) is 3.47. The standard InChI is InChI=1S/C19H22N2O4S/c1-23-15-6-4-13(5-7-15)17-20-16(12-26-17)18(22)21-8-2-3-14(11-21)19-24-9-10-25-19/h4-7,12,14,19H,2-3,8-11H2,1H3. The fraction of sp³-hybridized carbons (Fsp3) is 0.474. The predicted molar refractivity (Wildman–Crippen MR) is 98.4 cm³/mol. The van der Waals surface area contributed by atoms with Crippen LogP contribution in [0.3, 0.4) is 0 Å². The first kappa shape index (κ1) is 17.5. The number of rotatable bonds is 4. The van der Waals surface area contributed by atoms with Gasteiger partial charge in [-0.2, -0.15) is 0 Å². The predicted octanol–water partition coefficient (Wildman–Crippen LogP) is 3.04. The summed E-state index contributed by atoms with van der Waals surface area (Å²) in [4.78, 5) is 19.3. The lowest BCUT2D eigenvalue weighted by Gasteiger charge is -2.34. The third-order valence-electron chi connectivity index (χ3n) is 4.84. The summed E-state index contributed by atoms with van der Waals surface area (Å²) >= 11 is 1.49. The molecule has 2 aromatic rings. The molecule has 0 saturated carbocycles. The van der Waals surface area contributed by atoms with E-state index in [9.17, 15) is 4.79 Å². The monoisotopic (exact) mass is 374 g/mol. The van der Waals surface area contributed by atoms with Crippen LogP contribution in [-0.2, 0) is 9.47 Å². The van der Waals surface area contributed by atoms with E-state index >= 15 is 0 Å². The van der Waals surface area contributed by atoms with Crippen LogP contribution in [0.1, 0.15) is 23.3 Å². The van der Waals surface area contributed by atoms with E-state index < -0.39 is 0 Å². The highest BCUT2D eigenvalue weighted by Gasteiger charge is 2.33. The Balaban J connectivity index is 1.45. The molecule has 4 rings (SSSR count). The van der Waals surface area contributed by atoms with Gasteiger partial charge in [-0.3, -0.25) is 4.79 Å². The zero-order valence-corrected chi connectivity index (χ0v) is 15.5. The second-order valence-electron chi connectivity index (χ2n) is 6.53. The van der Waals surface area contributed by atoms with Crippen LogP contribution in [0.25, 0.3) is 10.6 Å². The summed E-state index contributed by atoms with van der Waals surface area (Å²) in [6.07, 6.45) is 1.83. The van der Waals surface area contributed by atoms with E-state index in [4.69, 9.17) is 14.2 Å². The second-order valence-corrected chi connectivity index (χ2v) is 7.39. The lowest BCUT2D eigenvalue weighted by molar-refractivity contribution is -0.0969. The molecule has 2 aliphatic rings. The first-order valence-corrected chi connectivity index (χ1v) is 9.75. The van der Waals surface area contributed by atoms with Crippen LogP contribution in [0.2, 0.25) is 0 Å². The molecule has 2 saturated heterocycles. The summed E-state index contributed by atoms with van der Waals surface area (Å²) in [5.41, 5.74) is 1.49. The van der Waals surface area contributed by atoms with Crippen LogP contribution in [0, 0.1) is 5.92 Å². The van der Waals surface area contributed by atoms with Crippen molar-refractivity contribution in [3.05, 3.63) is 35.3 Å². The summed E-state index contributed by atoms with van der Waals surface area (Å²) in [6, 6.07) is 7.71. The molecule has 0 bridgehead atoms. The first-order chi connectivity index (χ1) is 12.7. The molecule has 1 aromatic heterocycles. The van der Waals surface area contributed by atoms with Gasteiger partial charge in [-0.1, -0.05) is 0 Å². The van der Waals surface area contributed by atoms with Crippen molar-refractivity contribution in [2.75, 3.05) is 33.4 Å². The van der Waals surface area contributed by atoms with Crippen LogP contribution in [-0.4, -0.2) is 55.5 Å². The van der Waals surface area contributed by atoms with E-state index in [2.05, 4.69) is 4.98 Å². The summed E-state index contributed by atoms with van der Waals surface area (Å²) < 4.78 is 16.4. The number of ether oxygens (including phenoxy) is 3. The van der Waals surface area contributed by atoms with Crippen LogP contribution >= 0.6 is 11.3 Å². The smallest absolute Gasteiger partial charge is 0.273 e. The Morgan fingerprint density at radius 2 is 2.04 bits per heavy atom. The van der Waals surface area contributed by atoms with Gasteiger partial charge in [0.2, 0.25) is 0 Å². The van der Waals surface area contributed by atoms with Crippen molar-refractivity contribution in [2.45, 2.75) is 19.1 Å². The lowest BCUT2D eigenvalue weighted by atomic mass is 9.97. The topological polar surface area (TPSA) is 60.9 Å². The molecule has 1 atom stereocenters. The Bertz CT molecular complexity index is 755. The van der Waals surface area contributed by atoms with Gasteiger partial charge < -0.3 is 19.1 Å². The van der Waals surface area contributed by atoms with Crippen LogP contribution in [0.4, 0.5) is 0 Å². The molecule has 2 fully saturated rings. The molecular formula is C19H22N2O4S. The third-order valence-corrected chi connectivity index (χ3v) is 5.73. The van der Waals surface area contributed by atoms with Gasteiger partial charge in [0.15, 0.2) is 6.29 Å². The Labute approximate surface area is 156 Å². The zero-order valence-electron chi connectivity index (χ0n) is 14.7. The minimum atomic E-state index is -0.170. The number of hydrogen-bond donors (Lipinski definition) is 0. The van der Waals surface area contributed by atoms with Crippen molar-refractivity contribution in [2.24, 2.45) is 5.92 Å². The molecule has 0 radical (unpaired) electrons. The molecule has 2 aliphatic heterocycles. The lowest BCUT2D eigenvalue weighted by Crippen LogP contribution is -2.43. The molecule has 6 nitrogen and oxygen atoms in total. The van der Waals surface area contributed by atoms with Gasteiger partial charge in [-0.25, -0.2) is 4.98 Å². The SMILES string of the molecule is COc1ccc(-c2nc(C(=O)N3CCCC(C4OCCO4)C3)cs2)cc1. The molecule has 0 aliphatic carbocycles. The fourth-order valence-corrected chi connectivity index (χ4v) is 4.27. The van der Waals surface area contributed by atoms with Gasteiger partial charge in [0.25, 0.3) is 5.91 Å². The number of carbonyl (C=O) groups excluding carboxylic acids is 1. The molecule has 0 N–H and O–H groups in total. The van der Waals surface area contributed by atoms with E-state index in [1.54, 1.807) is 7.11 Å². The van der Waals surface area contributed by atoms with Gasteiger partial charge in [0.1, 0.15) is 16.5 Å². The number of thiazole rings is 1. The number of aromatic nitrogens is 1.